The molecule has 0 radical (unpaired) electrons. The maximum Gasteiger partial charge on any atom is 0.295 e. The lowest BCUT2D eigenvalue weighted by molar-refractivity contribution is 0.406. The van der Waals surface area contributed by atoms with Gasteiger partial charge in [0.05, 0.1) is 29.1 Å². The van der Waals surface area contributed by atoms with E-state index in [2.05, 4.69) is 25.3 Å². The lowest BCUT2D eigenvalue weighted by atomic mass is 10.1. The van der Waals surface area contributed by atoms with Crippen molar-refractivity contribution in [1.82, 2.24) is 24.5 Å². The molecular formula is C19H23ClN6O3S. The van der Waals surface area contributed by atoms with Crippen molar-refractivity contribution < 1.29 is 8.42 Å². The molecule has 160 valence electrons. The summed E-state index contributed by atoms with van der Waals surface area (Å²) in [6.07, 6.45) is 2.79. The molecule has 3 rings (SSSR count). The monoisotopic (exact) mass is 450 g/mol. The number of halogens is 1. The molecule has 0 aliphatic carbocycles. The molecule has 11 heteroatoms. The predicted octanol–water partition coefficient (Wildman–Crippen LogP) is 2.86. The molecule has 0 saturated heterocycles. The third-order valence-corrected chi connectivity index (χ3v) is 6.85. The molecule has 0 saturated carbocycles. The molecule has 0 fully saturated rings. The Labute approximate surface area is 179 Å². The van der Waals surface area contributed by atoms with Gasteiger partial charge in [-0.3, -0.25) is 14.3 Å². The molecular weight excluding hydrogens is 428 g/mol. The molecule has 1 N–H and O–H groups in total. The van der Waals surface area contributed by atoms with Crippen molar-refractivity contribution in [2.45, 2.75) is 45.2 Å². The first-order valence-electron chi connectivity index (χ1n) is 9.50. The Balaban J connectivity index is 1.96. The zero-order valence-corrected chi connectivity index (χ0v) is 18.7. The van der Waals surface area contributed by atoms with Crippen molar-refractivity contribution in [1.29, 1.82) is 0 Å². The number of anilines is 1. The van der Waals surface area contributed by atoms with E-state index in [-0.39, 0.29) is 45.8 Å². The van der Waals surface area contributed by atoms with E-state index >= 15 is 0 Å². The minimum absolute atomic E-state index is 0.00690. The van der Waals surface area contributed by atoms with Crippen molar-refractivity contribution in [2.24, 2.45) is 5.92 Å². The third-order valence-electron chi connectivity index (χ3n) is 4.95. The normalized spacial score (nSPS) is 13.0. The van der Waals surface area contributed by atoms with Gasteiger partial charge >= 0.3 is 0 Å². The first kappa shape index (κ1) is 22.1. The van der Waals surface area contributed by atoms with Crippen molar-refractivity contribution in [2.75, 3.05) is 11.1 Å². The van der Waals surface area contributed by atoms with Crippen LogP contribution in [-0.2, 0) is 16.4 Å². The molecule has 0 aromatic carbocycles. The van der Waals surface area contributed by atoms with Gasteiger partial charge in [0.1, 0.15) is 5.52 Å². The van der Waals surface area contributed by atoms with Crippen LogP contribution in [0.2, 0.25) is 5.28 Å². The van der Waals surface area contributed by atoms with Crippen LogP contribution in [0.5, 0.6) is 0 Å². The lowest BCUT2D eigenvalue weighted by Crippen LogP contribution is -2.30. The van der Waals surface area contributed by atoms with Crippen LogP contribution >= 0.6 is 11.6 Å². The molecule has 3 heterocycles. The van der Waals surface area contributed by atoms with Gasteiger partial charge in [0.15, 0.2) is 21.3 Å². The Hall–Kier alpha value is -2.59. The fourth-order valence-corrected chi connectivity index (χ4v) is 3.76. The van der Waals surface area contributed by atoms with Crippen LogP contribution in [0.15, 0.2) is 34.2 Å². The summed E-state index contributed by atoms with van der Waals surface area (Å²) in [6.45, 7) is 7.73. The number of fused-ring (bicyclic) bond motifs is 1. The molecule has 1 atom stereocenters. The van der Waals surface area contributed by atoms with Gasteiger partial charge in [0, 0.05) is 12.2 Å². The summed E-state index contributed by atoms with van der Waals surface area (Å²) in [6, 6.07) is 2.96. The number of sulfone groups is 1. The Morgan fingerprint density at radius 1 is 1.13 bits per heavy atom. The van der Waals surface area contributed by atoms with Gasteiger partial charge < -0.3 is 5.32 Å². The molecule has 3 aromatic heterocycles. The van der Waals surface area contributed by atoms with Crippen LogP contribution in [0.25, 0.3) is 11.2 Å². The molecule has 9 nitrogen and oxygen atoms in total. The highest BCUT2D eigenvalue weighted by Crippen LogP contribution is 2.21. The van der Waals surface area contributed by atoms with Crippen LogP contribution in [0.4, 0.5) is 5.82 Å². The van der Waals surface area contributed by atoms with Gasteiger partial charge in [-0.15, -0.1) is 0 Å². The summed E-state index contributed by atoms with van der Waals surface area (Å²) in [5.74, 6) is 0.310. The van der Waals surface area contributed by atoms with E-state index in [1.165, 1.54) is 18.5 Å². The maximum absolute atomic E-state index is 13.1. The Kier molecular flexibility index (Phi) is 6.37. The highest BCUT2D eigenvalue weighted by atomic mass is 35.5. The highest BCUT2D eigenvalue weighted by Gasteiger charge is 2.20. The van der Waals surface area contributed by atoms with Crippen molar-refractivity contribution in [3.05, 3.63) is 45.9 Å². The van der Waals surface area contributed by atoms with Crippen LogP contribution in [0, 0.1) is 5.92 Å². The van der Waals surface area contributed by atoms with Gasteiger partial charge in [-0.25, -0.2) is 18.4 Å². The number of aromatic nitrogens is 5. The van der Waals surface area contributed by atoms with E-state index in [9.17, 15) is 13.2 Å². The summed E-state index contributed by atoms with van der Waals surface area (Å²) in [7, 11) is -3.31. The lowest BCUT2D eigenvalue weighted by Gasteiger charge is -2.21. The van der Waals surface area contributed by atoms with Crippen molar-refractivity contribution in [3.8, 4) is 0 Å². The summed E-state index contributed by atoms with van der Waals surface area (Å²) in [5, 5.41) is 3.04. The number of nitrogens with one attached hydrogen (secondary N) is 1. The van der Waals surface area contributed by atoms with Crippen LogP contribution in [0.3, 0.4) is 0 Å². The van der Waals surface area contributed by atoms with E-state index in [1.807, 2.05) is 20.8 Å². The number of rotatable bonds is 7. The molecule has 30 heavy (non-hydrogen) atoms. The van der Waals surface area contributed by atoms with E-state index in [0.717, 1.165) is 0 Å². The second kappa shape index (κ2) is 8.65. The smallest absolute Gasteiger partial charge is 0.295 e. The first-order valence-corrected chi connectivity index (χ1v) is 11.5. The molecule has 0 aliphatic rings. The predicted molar refractivity (Wildman–Crippen MR) is 115 cm³/mol. The van der Waals surface area contributed by atoms with Crippen LogP contribution < -0.4 is 10.9 Å². The number of pyridine rings is 1. The second-order valence-corrected chi connectivity index (χ2v) is 9.83. The number of hydrogen-bond donors (Lipinski definition) is 1. The van der Waals surface area contributed by atoms with Crippen molar-refractivity contribution >= 4 is 38.4 Å². The molecule has 0 unspecified atom stereocenters. The quantitative estimate of drug-likeness (QED) is 0.545. The van der Waals surface area contributed by atoms with Crippen molar-refractivity contribution in [3.63, 3.8) is 0 Å². The Bertz CT molecular complexity index is 1230. The average Bonchev–Trinajstić information content (AvgIpc) is 2.72. The van der Waals surface area contributed by atoms with Gasteiger partial charge in [-0.1, -0.05) is 20.8 Å². The SMILES string of the molecule is CCS(=O)(=O)c1ccc(CNc2nc3cnc(Cl)nc3n([C@@H](C)C(C)C)c2=O)nc1. The van der Waals surface area contributed by atoms with E-state index in [0.29, 0.717) is 16.9 Å². The second-order valence-electron chi connectivity index (χ2n) is 7.21. The topological polar surface area (TPSA) is 120 Å². The molecule has 0 bridgehead atoms. The minimum atomic E-state index is -3.31. The van der Waals surface area contributed by atoms with Gasteiger partial charge in [-0.05, 0) is 36.6 Å². The first-order chi connectivity index (χ1) is 14.1. The molecule has 0 spiro atoms. The van der Waals surface area contributed by atoms with Crippen LogP contribution in [0.1, 0.15) is 39.4 Å². The van der Waals surface area contributed by atoms with Gasteiger partial charge in [-0.2, -0.15) is 4.98 Å². The van der Waals surface area contributed by atoms with Crippen LogP contribution in [-0.4, -0.2) is 38.7 Å². The standard InChI is InChI=1S/C19H23ClN6O3S/c1-5-30(28,29)14-7-6-13(21-9-14)8-22-16-18(27)26(12(4)11(2)3)17-15(24-16)10-23-19(20)25-17/h6-7,9-12H,5,8H2,1-4H3,(H,22,24)/t12-/m0/s1. The zero-order chi connectivity index (χ0) is 22.1. The molecule has 0 amide bonds. The Morgan fingerprint density at radius 3 is 2.47 bits per heavy atom. The average molecular weight is 451 g/mol. The minimum Gasteiger partial charge on any atom is -0.360 e. The summed E-state index contributed by atoms with van der Waals surface area (Å²) in [4.78, 5) is 30.0. The zero-order valence-electron chi connectivity index (χ0n) is 17.1. The fourth-order valence-electron chi connectivity index (χ4n) is 2.81. The van der Waals surface area contributed by atoms with E-state index in [1.54, 1.807) is 17.6 Å². The number of hydrogen-bond acceptors (Lipinski definition) is 8. The van der Waals surface area contributed by atoms with E-state index < -0.39 is 9.84 Å². The van der Waals surface area contributed by atoms with Gasteiger partial charge in [0.2, 0.25) is 5.28 Å². The van der Waals surface area contributed by atoms with Gasteiger partial charge in [0.25, 0.3) is 5.56 Å². The summed E-state index contributed by atoms with van der Waals surface area (Å²) < 4.78 is 25.4. The van der Waals surface area contributed by atoms with E-state index in [4.69, 9.17) is 11.6 Å². The summed E-state index contributed by atoms with van der Waals surface area (Å²) >= 11 is 5.93. The molecule has 0 aliphatic heterocycles. The third kappa shape index (κ3) is 4.44. The Morgan fingerprint density at radius 2 is 1.87 bits per heavy atom. The number of nitrogens with zero attached hydrogens (tertiary/aromatic N) is 5. The maximum atomic E-state index is 13.1. The fraction of sp³-hybridized carbons (Fsp3) is 0.421. The molecule has 3 aromatic rings. The highest BCUT2D eigenvalue weighted by molar-refractivity contribution is 7.91. The largest absolute Gasteiger partial charge is 0.360 e. The summed E-state index contributed by atoms with van der Waals surface area (Å²) in [5.41, 5.74) is 1.05.